The molecule has 3 unspecified atom stereocenters. The van der Waals surface area contributed by atoms with Crippen molar-refractivity contribution in [3.8, 4) is 0 Å². The number of rotatable bonds is 10. The van der Waals surface area contributed by atoms with E-state index in [0.717, 1.165) is 26.0 Å². The van der Waals surface area contributed by atoms with Gasteiger partial charge in [0.2, 0.25) is 0 Å². The highest BCUT2D eigenvalue weighted by Crippen LogP contribution is 2.21. The van der Waals surface area contributed by atoms with Crippen molar-refractivity contribution in [2.24, 2.45) is 0 Å². The second-order valence-corrected chi connectivity index (χ2v) is 7.58. The SMILES string of the molecule is CCCCCCC(C)OCC1CCC(CNC(C)(C)C)O1. The maximum absolute atomic E-state index is 6.06. The quantitative estimate of drug-likeness (QED) is 0.610. The Kier molecular flexibility index (Phi) is 8.84. The van der Waals surface area contributed by atoms with E-state index in [1.54, 1.807) is 0 Å². The van der Waals surface area contributed by atoms with Crippen molar-refractivity contribution in [1.29, 1.82) is 0 Å². The zero-order valence-electron chi connectivity index (χ0n) is 14.9. The van der Waals surface area contributed by atoms with Gasteiger partial charge in [-0.1, -0.05) is 32.6 Å². The lowest BCUT2D eigenvalue weighted by Gasteiger charge is -2.23. The summed E-state index contributed by atoms with van der Waals surface area (Å²) in [5, 5.41) is 3.52. The molecule has 0 radical (unpaired) electrons. The number of hydrogen-bond donors (Lipinski definition) is 1. The van der Waals surface area contributed by atoms with Crippen LogP contribution in [0.2, 0.25) is 0 Å². The number of unbranched alkanes of at least 4 members (excludes halogenated alkanes) is 3. The predicted octanol–water partition coefficient (Wildman–Crippen LogP) is 4.30. The maximum atomic E-state index is 6.06. The van der Waals surface area contributed by atoms with Crippen LogP contribution in [0.15, 0.2) is 0 Å². The van der Waals surface area contributed by atoms with Crippen LogP contribution in [0.1, 0.15) is 79.6 Å². The lowest BCUT2D eigenvalue weighted by atomic mass is 10.1. The van der Waals surface area contributed by atoms with Crippen LogP contribution in [0.5, 0.6) is 0 Å². The summed E-state index contributed by atoms with van der Waals surface area (Å²) in [4.78, 5) is 0. The lowest BCUT2D eigenvalue weighted by molar-refractivity contribution is -0.0393. The molecule has 1 heterocycles. The highest BCUT2D eigenvalue weighted by Gasteiger charge is 2.26. The highest BCUT2D eigenvalue weighted by atomic mass is 16.5. The molecule has 1 N–H and O–H groups in total. The van der Waals surface area contributed by atoms with Gasteiger partial charge in [0, 0.05) is 12.1 Å². The molecule has 1 aliphatic heterocycles. The van der Waals surface area contributed by atoms with E-state index in [9.17, 15) is 0 Å². The molecule has 21 heavy (non-hydrogen) atoms. The third-order valence-corrected chi connectivity index (χ3v) is 4.09. The molecule has 3 atom stereocenters. The van der Waals surface area contributed by atoms with Gasteiger partial charge in [0.15, 0.2) is 0 Å². The molecule has 0 saturated carbocycles. The molecule has 0 aromatic carbocycles. The zero-order chi connectivity index (χ0) is 15.7. The maximum Gasteiger partial charge on any atom is 0.0814 e. The van der Waals surface area contributed by atoms with Crippen LogP contribution in [-0.4, -0.2) is 37.0 Å². The zero-order valence-corrected chi connectivity index (χ0v) is 14.9. The van der Waals surface area contributed by atoms with Gasteiger partial charge in [-0.05, 0) is 47.0 Å². The van der Waals surface area contributed by atoms with E-state index in [4.69, 9.17) is 9.47 Å². The first-order valence-electron chi connectivity index (χ1n) is 8.93. The second kappa shape index (κ2) is 9.81. The Balaban J connectivity index is 2.06. The monoisotopic (exact) mass is 299 g/mol. The summed E-state index contributed by atoms with van der Waals surface area (Å²) in [6.07, 6.45) is 9.78. The van der Waals surface area contributed by atoms with E-state index in [1.165, 1.54) is 32.1 Å². The van der Waals surface area contributed by atoms with Gasteiger partial charge in [0.1, 0.15) is 0 Å². The van der Waals surface area contributed by atoms with Gasteiger partial charge in [-0.15, -0.1) is 0 Å². The normalized spacial score (nSPS) is 24.4. The molecule has 3 heteroatoms. The summed E-state index contributed by atoms with van der Waals surface area (Å²) in [5.74, 6) is 0. The molecule has 0 aliphatic carbocycles. The average molecular weight is 299 g/mol. The summed E-state index contributed by atoms with van der Waals surface area (Å²) >= 11 is 0. The Bertz CT molecular complexity index is 262. The molecule has 0 amide bonds. The van der Waals surface area contributed by atoms with Gasteiger partial charge in [-0.3, -0.25) is 0 Å². The minimum absolute atomic E-state index is 0.172. The molecular weight excluding hydrogens is 262 g/mol. The summed E-state index contributed by atoms with van der Waals surface area (Å²) in [7, 11) is 0. The molecule has 3 nitrogen and oxygen atoms in total. The molecule has 0 spiro atoms. The highest BCUT2D eigenvalue weighted by molar-refractivity contribution is 4.79. The Hall–Kier alpha value is -0.120. The standard InChI is InChI=1S/C18H37NO2/c1-6-7-8-9-10-15(2)20-14-17-12-11-16(21-17)13-19-18(3,4)5/h15-17,19H,6-14H2,1-5H3. The summed E-state index contributed by atoms with van der Waals surface area (Å²) in [6, 6.07) is 0. The fourth-order valence-corrected chi connectivity index (χ4v) is 2.69. The molecule has 1 rings (SSSR count). The van der Waals surface area contributed by atoms with Gasteiger partial charge in [-0.2, -0.15) is 0 Å². The lowest BCUT2D eigenvalue weighted by Crippen LogP contribution is -2.41. The van der Waals surface area contributed by atoms with Crippen molar-refractivity contribution in [3.63, 3.8) is 0 Å². The van der Waals surface area contributed by atoms with Crippen molar-refractivity contribution < 1.29 is 9.47 Å². The smallest absolute Gasteiger partial charge is 0.0814 e. The van der Waals surface area contributed by atoms with Gasteiger partial charge in [0.25, 0.3) is 0 Å². The predicted molar refractivity (Wildman–Crippen MR) is 89.8 cm³/mol. The number of hydrogen-bond acceptors (Lipinski definition) is 3. The average Bonchev–Trinajstić information content (AvgIpc) is 2.86. The van der Waals surface area contributed by atoms with Crippen molar-refractivity contribution in [2.45, 2.75) is 103 Å². The minimum atomic E-state index is 0.172. The van der Waals surface area contributed by atoms with Crippen molar-refractivity contribution in [2.75, 3.05) is 13.2 Å². The fraction of sp³-hybridized carbons (Fsp3) is 1.00. The van der Waals surface area contributed by atoms with Gasteiger partial charge < -0.3 is 14.8 Å². The largest absolute Gasteiger partial charge is 0.376 e. The van der Waals surface area contributed by atoms with E-state index < -0.39 is 0 Å². The minimum Gasteiger partial charge on any atom is -0.376 e. The fourth-order valence-electron chi connectivity index (χ4n) is 2.69. The Labute approximate surface area is 132 Å². The third-order valence-electron chi connectivity index (χ3n) is 4.09. The van der Waals surface area contributed by atoms with Crippen LogP contribution in [-0.2, 0) is 9.47 Å². The number of nitrogens with one attached hydrogen (secondary N) is 1. The van der Waals surface area contributed by atoms with E-state index in [1.807, 2.05) is 0 Å². The van der Waals surface area contributed by atoms with E-state index >= 15 is 0 Å². The van der Waals surface area contributed by atoms with Crippen LogP contribution in [0.25, 0.3) is 0 Å². The van der Waals surface area contributed by atoms with E-state index in [2.05, 4.69) is 39.9 Å². The molecule has 126 valence electrons. The molecule has 1 saturated heterocycles. The topological polar surface area (TPSA) is 30.5 Å². The van der Waals surface area contributed by atoms with Crippen LogP contribution in [0, 0.1) is 0 Å². The molecule has 0 aromatic heterocycles. The summed E-state index contributed by atoms with van der Waals surface area (Å²) in [6.45, 7) is 12.8. The van der Waals surface area contributed by atoms with Crippen molar-refractivity contribution in [1.82, 2.24) is 5.32 Å². The second-order valence-electron chi connectivity index (χ2n) is 7.58. The van der Waals surface area contributed by atoms with Gasteiger partial charge in [0.05, 0.1) is 24.9 Å². The first-order valence-corrected chi connectivity index (χ1v) is 8.93. The van der Waals surface area contributed by atoms with Gasteiger partial charge in [-0.25, -0.2) is 0 Å². The van der Waals surface area contributed by atoms with E-state index in [0.29, 0.717) is 18.3 Å². The van der Waals surface area contributed by atoms with Crippen LogP contribution in [0.3, 0.4) is 0 Å². The van der Waals surface area contributed by atoms with Gasteiger partial charge >= 0.3 is 0 Å². The van der Waals surface area contributed by atoms with Crippen molar-refractivity contribution in [3.05, 3.63) is 0 Å². The molecule has 0 bridgehead atoms. The molecule has 1 aliphatic rings. The van der Waals surface area contributed by atoms with E-state index in [-0.39, 0.29) is 5.54 Å². The Morgan fingerprint density at radius 3 is 2.52 bits per heavy atom. The first-order chi connectivity index (χ1) is 9.90. The molecular formula is C18H37NO2. The van der Waals surface area contributed by atoms with Crippen molar-refractivity contribution >= 4 is 0 Å². The Morgan fingerprint density at radius 2 is 1.86 bits per heavy atom. The molecule has 1 fully saturated rings. The Morgan fingerprint density at radius 1 is 1.14 bits per heavy atom. The summed E-state index contributed by atoms with van der Waals surface area (Å²) in [5.41, 5.74) is 0.172. The van der Waals surface area contributed by atoms with Crippen LogP contribution < -0.4 is 5.32 Å². The summed E-state index contributed by atoms with van der Waals surface area (Å²) < 4.78 is 12.0. The molecule has 0 aromatic rings. The number of ether oxygens (including phenoxy) is 2. The van der Waals surface area contributed by atoms with Crippen LogP contribution in [0.4, 0.5) is 0 Å². The van der Waals surface area contributed by atoms with Crippen LogP contribution >= 0.6 is 0 Å². The first kappa shape index (κ1) is 18.9. The third kappa shape index (κ3) is 9.49.